The number of anilines is 1. The van der Waals surface area contributed by atoms with Crippen molar-refractivity contribution >= 4 is 28.9 Å². The Labute approximate surface area is 134 Å². The molecule has 0 spiro atoms. The van der Waals surface area contributed by atoms with Gasteiger partial charge in [-0.05, 0) is 32.0 Å². The molecule has 1 aromatic rings. The minimum absolute atomic E-state index is 0.177. The van der Waals surface area contributed by atoms with Crippen molar-refractivity contribution < 1.29 is 9.72 Å². The summed E-state index contributed by atoms with van der Waals surface area (Å²) < 4.78 is 0. The highest BCUT2D eigenvalue weighted by Crippen LogP contribution is 2.28. The summed E-state index contributed by atoms with van der Waals surface area (Å²) in [7, 11) is 1.92. The highest BCUT2D eigenvalue weighted by molar-refractivity contribution is 6.31. The van der Waals surface area contributed by atoms with Crippen LogP contribution >= 0.6 is 11.6 Å². The van der Waals surface area contributed by atoms with Gasteiger partial charge >= 0.3 is 0 Å². The van der Waals surface area contributed by atoms with E-state index in [1.54, 1.807) is 0 Å². The molecule has 0 saturated heterocycles. The summed E-state index contributed by atoms with van der Waals surface area (Å²) in [4.78, 5) is 24.6. The van der Waals surface area contributed by atoms with E-state index < -0.39 is 4.92 Å². The molecule has 1 aliphatic rings. The van der Waals surface area contributed by atoms with Gasteiger partial charge in [-0.3, -0.25) is 19.8 Å². The number of carbonyl (C=O) groups is 1. The molecule has 1 aromatic carbocycles. The van der Waals surface area contributed by atoms with E-state index >= 15 is 0 Å². The molecule has 1 fully saturated rings. The maximum absolute atomic E-state index is 12.1. The van der Waals surface area contributed by atoms with Gasteiger partial charge < -0.3 is 5.32 Å². The number of nitrogens with one attached hydrogen (secondary N) is 1. The molecular formula is C15H20ClN3O3. The molecule has 0 heterocycles. The van der Waals surface area contributed by atoms with Crippen molar-refractivity contribution in [1.29, 1.82) is 0 Å². The number of likely N-dealkylation sites (N-methyl/N-ethyl adjacent to an activating group) is 1. The number of carbonyl (C=O) groups excluding carboxylic acids is 1. The van der Waals surface area contributed by atoms with Crippen molar-refractivity contribution in [1.82, 2.24) is 4.90 Å². The average Bonchev–Trinajstić information content (AvgIpc) is 2.49. The van der Waals surface area contributed by atoms with Gasteiger partial charge in [0.2, 0.25) is 5.91 Å². The van der Waals surface area contributed by atoms with Crippen LogP contribution in [0.5, 0.6) is 0 Å². The molecule has 22 heavy (non-hydrogen) atoms. The van der Waals surface area contributed by atoms with Crippen LogP contribution in [-0.4, -0.2) is 35.4 Å². The van der Waals surface area contributed by atoms with E-state index in [0.717, 1.165) is 12.8 Å². The lowest BCUT2D eigenvalue weighted by Crippen LogP contribution is -2.39. The Morgan fingerprint density at radius 3 is 2.73 bits per heavy atom. The van der Waals surface area contributed by atoms with Crippen LogP contribution in [0.1, 0.15) is 32.1 Å². The van der Waals surface area contributed by atoms with Crippen molar-refractivity contribution in [2.45, 2.75) is 38.1 Å². The molecule has 0 atom stereocenters. The predicted octanol–water partition coefficient (Wildman–Crippen LogP) is 3.45. The minimum Gasteiger partial charge on any atom is -0.319 e. The Bertz CT molecular complexity index is 559. The van der Waals surface area contributed by atoms with Crippen LogP contribution in [-0.2, 0) is 4.79 Å². The molecular weight excluding hydrogens is 306 g/mol. The Balaban J connectivity index is 1.98. The number of nitrogens with zero attached hydrogens (tertiary/aromatic N) is 2. The zero-order valence-electron chi connectivity index (χ0n) is 12.5. The smallest absolute Gasteiger partial charge is 0.294 e. The van der Waals surface area contributed by atoms with Crippen molar-refractivity contribution in [2.75, 3.05) is 18.9 Å². The van der Waals surface area contributed by atoms with Crippen LogP contribution in [0.2, 0.25) is 5.02 Å². The Hall–Kier alpha value is -1.66. The SMILES string of the molecule is CN(CC(=O)Nc1ccc(Cl)cc1[N+](=O)[O-])C1CCCCC1. The summed E-state index contributed by atoms with van der Waals surface area (Å²) in [5.41, 5.74) is -0.0161. The molecule has 1 N–H and O–H groups in total. The van der Waals surface area contributed by atoms with Gasteiger partial charge in [-0.25, -0.2) is 0 Å². The van der Waals surface area contributed by atoms with Crippen LogP contribution in [0, 0.1) is 10.1 Å². The second kappa shape index (κ2) is 7.56. The van der Waals surface area contributed by atoms with Gasteiger partial charge in [0.25, 0.3) is 5.69 Å². The van der Waals surface area contributed by atoms with Crippen LogP contribution in [0.4, 0.5) is 11.4 Å². The molecule has 1 amide bonds. The van der Waals surface area contributed by atoms with E-state index in [-0.39, 0.29) is 28.8 Å². The Kier molecular flexibility index (Phi) is 5.74. The van der Waals surface area contributed by atoms with E-state index in [4.69, 9.17) is 11.6 Å². The number of nitro groups is 1. The van der Waals surface area contributed by atoms with Crippen LogP contribution < -0.4 is 5.32 Å². The molecule has 6 nitrogen and oxygen atoms in total. The van der Waals surface area contributed by atoms with Crippen molar-refractivity contribution in [3.05, 3.63) is 33.3 Å². The standard InChI is InChI=1S/C15H20ClN3O3/c1-18(12-5-3-2-4-6-12)10-15(20)17-13-8-7-11(16)9-14(13)19(21)22/h7-9,12H,2-6,10H2,1H3,(H,17,20). The number of rotatable bonds is 5. The van der Waals surface area contributed by atoms with Crippen LogP contribution in [0.15, 0.2) is 18.2 Å². The van der Waals surface area contributed by atoms with Gasteiger partial charge in [0, 0.05) is 17.1 Å². The summed E-state index contributed by atoms with van der Waals surface area (Å²) in [6.45, 7) is 0.227. The number of hydrogen-bond donors (Lipinski definition) is 1. The predicted molar refractivity (Wildman–Crippen MR) is 86.2 cm³/mol. The summed E-state index contributed by atoms with van der Waals surface area (Å²) in [5, 5.41) is 13.9. The topological polar surface area (TPSA) is 75.5 Å². The number of nitro benzene ring substituents is 1. The lowest BCUT2D eigenvalue weighted by atomic mass is 9.94. The number of hydrogen-bond acceptors (Lipinski definition) is 4. The zero-order valence-corrected chi connectivity index (χ0v) is 13.3. The summed E-state index contributed by atoms with van der Waals surface area (Å²) in [6, 6.07) is 4.63. The second-order valence-corrected chi connectivity index (χ2v) is 6.11. The fraction of sp³-hybridized carbons (Fsp3) is 0.533. The Morgan fingerprint density at radius 2 is 2.09 bits per heavy atom. The Morgan fingerprint density at radius 1 is 1.41 bits per heavy atom. The van der Waals surface area contributed by atoms with E-state index in [0.29, 0.717) is 6.04 Å². The highest BCUT2D eigenvalue weighted by Gasteiger charge is 2.21. The first kappa shape index (κ1) is 16.7. The fourth-order valence-electron chi connectivity index (χ4n) is 2.83. The van der Waals surface area contributed by atoms with Gasteiger partial charge in [0.05, 0.1) is 11.5 Å². The number of amides is 1. The van der Waals surface area contributed by atoms with E-state index in [2.05, 4.69) is 5.32 Å². The molecule has 1 saturated carbocycles. The lowest BCUT2D eigenvalue weighted by Gasteiger charge is -2.30. The monoisotopic (exact) mass is 325 g/mol. The number of benzene rings is 1. The highest BCUT2D eigenvalue weighted by atomic mass is 35.5. The first-order chi connectivity index (χ1) is 10.5. The van der Waals surface area contributed by atoms with Gasteiger partial charge in [-0.1, -0.05) is 30.9 Å². The van der Waals surface area contributed by atoms with E-state index in [1.807, 2.05) is 11.9 Å². The van der Waals surface area contributed by atoms with Crippen molar-refractivity contribution in [3.8, 4) is 0 Å². The molecule has 7 heteroatoms. The largest absolute Gasteiger partial charge is 0.319 e. The first-order valence-corrected chi connectivity index (χ1v) is 7.79. The average molecular weight is 326 g/mol. The third-order valence-corrected chi connectivity index (χ3v) is 4.26. The van der Waals surface area contributed by atoms with E-state index in [1.165, 1.54) is 37.5 Å². The second-order valence-electron chi connectivity index (χ2n) is 5.67. The minimum atomic E-state index is -0.549. The van der Waals surface area contributed by atoms with Crippen molar-refractivity contribution in [2.24, 2.45) is 0 Å². The van der Waals surface area contributed by atoms with E-state index in [9.17, 15) is 14.9 Å². The molecule has 120 valence electrons. The van der Waals surface area contributed by atoms with Crippen molar-refractivity contribution in [3.63, 3.8) is 0 Å². The lowest BCUT2D eigenvalue weighted by molar-refractivity contribution is -0.383. The summed E-state index contributed by atoms with van der Waals surface area (Å²) in [6.07, 6.45) is 5.85. The maximum atomic E-state index is 12.1. The third-order valence-electron chi connectivity index (χ3n) is 4.02. The molecule has 0 radical (unpaired) electrons. The quantitative estimate of drug-likeness (QED) is 0.664. The summed E-state index contributed by atoms with van der Waals surface area (Å²) >= 11 is 5.76. The molecule has 0 bridgehead atoms. The fourth-order valence-corrected chi connectivity index (χ4v) is 3.00. The number of halogens is 1. The molecule has 2 rings (SSSR count). The van der Waals surface area contributed by atoms with Gasteiger partial charge in [0.15, 0.2) is 0 Å². The normalized spacial score (nSPS) is 15.8. The van der Waals surface area contributed by atoms with Crippen LogP contribution in [0.3, 0.4) is 0 Å². The van der Waals surface area contributed by atoms with Gasteiger partial charge in [0.1, 0.15) is 5.69 Å². The third kappa shape index (κ3) is 4.42. The zero-order chi connectivity index (χ0) is 16.1. The molecule has 0 unspecified atom stereocenters. The molecule has 0 aromatic heterocycles. The first-order valence-electron chi connectivity index (χ1n) is 7.41. The van der Waals surface area contributed by atoms with Gasteiger partial charge in [-0.2, -0.15) is 0 Å². The molecule has 1 aliphatic carbocycles. The van der Waals surface area contributed by atoms with Crippen LogP contribution in [0.25, 0.3) is 0 Å². The summed E-state index contributed by atoms with van der Waals surface area (Å²) in [5.74, 6) is -0.251. The molecule has 0 aliphatic heterocycles. The van der Waals surface area contributed by atoms with Gasteiger partial charge in [-0.15, -0.1) is 0 Å². The maximum Gasteiger partial charge on any atom is 0.294 e.